The van der Waals surface area contributed by atoms with Gasteiger partial charge in [-0.1, -0.05) is 28.4 Å². The Kier molecular flexibility index (Phi) is 6.36. The van der Waals surface area contributed by atoms with E-state index in [-0.39, 0.29) is 24.5 Å². The van der Waals surface area contributed by atoms with Crippen molar-refractivity contribution in [3.63, 3.8) is 0 Å². The molecule has 7 nitrogen and oxygen atoms in total. The molecule has 2 amide bonds. The second-order valence-corrected chi connectivity index (χ2v) is 7.22. The Hall–Kier alpha value is -2.09. The van der Waals surface area contributed by atoms with Gasteiger partial charge in [-0.3, -0.25) is 9.59 Å². The van der Waals surface area contributed by atoms with Gasteiger partial charge in [0.25, 0.3) is 5.91 Å². The molecule has 1 unspecified atom stereocenters. The van der Waals surface area contributed by atoms with Crippen LogP contribution in [0.2, 0.25) is 10.0 Å². The molecule has 0 radical (unpaired) electrons. The van der Waals surface area contributed by atoms with E-state index >= 15 is 0 Å². The van der Waals surface area contributed by atoms with Gasteiger partial charge in [-0.25, -0.2) is 0 Å². The minimum atomic E-state index is -0.386. The molecule has 0 saturated carbocycles. The van der Waals surface area contributed by atoms with Crippen molar-refractivity contribution in [1.29, 1.82) is 0 Å². The first-order valence-electron chi connectivity index (χ1n) is 8.51. The molecule has 1 saturated heterocycles. The molecule has 0 bridgehead atoms. The van der Waals surface area contributed by atoms with Crippen LogP contribution in [0.1, 0.15) is 29.0 Å². The number of amides is 2. The van der Waals surface area contributed by atoms with Crippen LogP contribution in [0.4, 0.5) is 5.82 Å². The topological polar surface area (TPSA) is 84.7 Å². The fraction of sp³-hybridized carbons (Fsp3) is 0.389. The summed E-state index contributed by atoms with van der Waals surface area (Å²) in [6.07, 6.45) is 1.66. The lowest BCUT2D eigenvalue weighted by atomic mass is 10.1. The summed E-state index contributed by atoms with van der Waals surface area (Å²) >= 11 is 12.0. The van der Waals surface area contributed by atoms with E-state index in [0.717, 1.165) is 12.8 Å². The Labute approximate surface area is 166 Å². The average Bonchev–Trinajstić information content (AvgIpc) is 3.24. The minimum absolute atomic E-state index is 0.106. The fourth-order valence-electron chi connectivity index (χ4n) is 2.89. The van der Waals surface area contributed by atoms with Crippen molar-refractivity contribution in [2.24, 2.45) is 0 Å². The molecule has 0 spiro atoms. The zero-order valence-corrected chi connectivity index (χ0v) is 16.2. The Balaban J connectivity index is 1.74. The third kappa shape index (κ3) is 5.45. The summed E-state index contributed by atoms with van der Waals surface area (Å²) in [5.74, 6) is 0.142. The van der Waals surface area contributed by atoms with Crippen LogP contribution in [0.5, 0.6) is 0 Å². The maximum absolute atomic E-state index is 13.0. The first-order valence-corrected chi connectivity index (χ1v) is 9.26. The number of halogens is 2. The van der Waals surface area contributed by atoms with Gasteiger partial charge in [0.05, 0.1) is 6.10 Å². The van der Waals surface area contributed by atoms with E-state index in [1.165, 1.54) is 17.0 Å². The van der Waals surface area contributed by atoms with Gasteiger partial charge in [0.2, 0.25) is 5.91 Å². The minimum Gasteiger partial charge on any atom is -0.376 e. The number of carbonyl (C=O) groups is 2. The second-order valence-electron chi connectivity index (χ2n) is 6.35. The molecule has 9 heteroatoms. The predicted molar refractivity (Wildman–Crippen MR) is 101 cm³/mol. The summed E-state index contributed by atoms with van der Waals surface area (Å²) in [5, 5.41) is 7.04. The predicted octanol–water partition coefficient (Wildman–Crippen LogP) is 3.55. The van der Waals surface area contributed by atoms with Crippen molar-refractivity contribution in [1.82, 2.24) is 10.1 Å². The zero-order chi connectivity index (χ0) is 19.4. The Morgan fingerprint density at radius 3 is 2.59 bits per heavy atom. The first kappa shape index (κ1) is 19.7. The lowest BCUT2D eigenvalue weighted by Gasteiger charge is -2.25. The van der Waals surface area contributed by atoms with Gasteiger partial charge in [0.1, 0.15) is 12.3 Å². The van der Waals surface area contributed by atoms with Crippen molar-refractivity contribution in [3.05, 3.63) is 45.6 Å². The van der Waals surface area contributed by atoms with Crippen molar-refractivity contribution in [3.8, 4) is 0 Å². The monoisotopic (exact) mass is 411 g/mol. The third-order valence-electron chi connectivity index (χ3n) is 4.07. The van der Waals surface area contributed by atoms with Crippen LogP contribution >= 0.6 is 23.2 Å². The molecule has 144 valence electrons. The quantitative estimate of drug-likeness (QED) is 0.785. The number of anilines is 1. The molecular formula is C18H19Cl2N3O4. The smallest absolute Gasteiger partial charge is 0.254 e. The van der Waals surface area contributed by atoms with Crippen molar-refractivity contribution < 1.29 is 18.8 Å². The number of carbonyl (C=O) groups excluding carboxylic acids is 2. The van der Waals surface area contributed by atoms with Crippen LogP contribution < -0.4 is 5.32 Å². The Morgan fingerprint density at radius 1 is 1.26 bits per heavy atom. The molecule has 3 rings (SSSR count). The van der Waals surface area contributed by atoms with Crippen LogP contribution in [-0.2, 0) is 9.53 Å². The average molecular weight is 412 g/mol. The third-order valence-corrected chi connectivity index (χ3v) is 4.51. The number of rotatable bonds is 6. The summed E-state index contributed by atoms with van der Waals surface area (Å²) < 4.78 is 10.5. The van der Waals surface area contributed by atoms with E-state index in [0.29, 0.717) is 40.3 Å². The lowest BCUT2D eigenvalue weighted by Crippen LogP contribution is -2.42. The zero-order valence-electron chi connectivity index (χ0n) is 14.7. The van der Waals surface area contributed by atoms with E-state index < -0.39 is 0 Å². The van der Waals surface area contributed by atoms with Gasteiger partial charge < -0.3 is 19.5 Å². The molecule has 27 heavy (non-hydrogen) atoms. The van der Waals surface area contributed by atoms with Gasteiger partial charge in [-0.05, 0) is 38.0 Å². The summed E-state index contributed by atoms with van der Waals surface area (Å²) in [5.41, 5.74) is 0.315. The molecular weight excluding hydrogens is 393 g/mol. The van der Waals surface area contributed by atoms with Gasteiger partial charge in [0.15, 0.2) is 5.82 Å². The Bertz CT molecular complexity index is 814. The molecule has 0 aliphatic carbocycles. The second kappa shape index (κ2) is 8.73. The number of ether oxygens (including phenoxy) is 1. The van der Waals surface area contributed by atoms with Crippen molar-refractivity contribution >= 4 is 40.8 Å². The van der Waals surface area contributed by atoms with Gasteiger partial charge in [-0.15, -0.1) is 0 Å². The highest BCUT2D eigenvalue weighted by molar-refractivity contribution is 6.35. The van der Waals surface area contributed by atoms with Crippen LogP contribution in [0.3, 0.4) is 0 Å². The summed E-state index contributed by atoms with van der Waals surface area (Å²) in [6, 6.07) is 6.19. The largest absolute Gasteiger partial charge is 0.376 e. The molecule has 1 aromatic heterocycles. The van der Waals surface area contributed by atoms with E-state index in [1.807, 2.05) is 0 Å². The van der Waals surface area contributed by atoms with E-state index in [4.69, 9.17) is 32.5 Å². The summed E-state index contributed by atoms with van der Waals surface area (Å²) in [4.78, 5) is 26.8. The number of hydrogen-bond donors (Lipinski definition) is 1. The molecule has 1 N–H and O–H groups in total. The highest BCUT2D eigenvalue weighted by Crippen LogP contribution is 2.21. The number of aromatic nitrogens is 1. The van der Waals surface area contributed by atoms with E-state index in [9.17, 15) is 9.59 Å². The normalized spacial score (nSPS) is 16.3. The van der Waals surface area contributed by atoms with Gasteiger partial charge in [-0.2, -0.15) is 0 Å². The van der Waals surface area contributed by atoms with Gasteiger partial charge >= 0.3 is 0 Å². The van der Waals surface area contributed by atoms with Crippen LogP contribution in [0, 0.1) is 6.92 Å². The number of nitrogens with one attached hydrogen (secondary N) is 1. The highest BCUT2D eigenvalue weighted by atomic mass is 35.5. The van der Waals surface area contributed by atoms with Crippen LogP contribution in [0.15, 0.2) is 28.8 Å². The molecule has 1 atom stereocenters. The standard InChI is InChI=1S/C18H19Cl2N3O4/c1-11-5-16(22-27-11)21-17(24)10-23(9-15-3-2-4-26-15)18(25)12-6-13(19)8-14(20)7-12/h5-8,15H,2-4,9-10H2,1H3,(H,21,22,24). The maximum Gasteiger partial charge on any atom is 0.254 e. The molecule has 2 heterocycles. The first-order chi connectivity index (χ1) is 12.9. The number of hydrogen-bond acceptors (Lipinski definition) is 5. The summed E-state index contributed by atoms with van der Waals surface area (Å²) in [6.45, 7) is 2.52. The van der Waals surface area contributed by atoms with E-state index in [2.05, 4.69) is 10.5 Å². The molecule has 1 aliphatic rings. The van der Waals surface area contributed by atoms with Crippen LogP contribution in [-0.4, -0.2) is 47.7 Å². The number of nitrogens with zero attached hydrogens (tertiary/aromatic N) is 2. The lowest BCUT2D eigenvalue weighted by molar-refractivity contribution is -0.117. The number of aryl methyl sites for hydroxylation is 1. The molecule has 1 aromatic carbocycles. The Morgan fingerprint density at radius 2 is 2.00 bits per heavy atom. The SMILES string of the molecule is Cc1cc(NC(=O)CN(CC2CCCO2)C(=O)c2cc(Cl)cc(Cl)c2)no1. The fourth-order valence-corrected chi connectivity index (χ4v) is 3.42. The van der Waals surface area contributed by atoms with Gasteiger partial charge in [0, 0.05) is 34.8 Å². The maximum atomic E-state index is 13.0. The number of benzene rings is 1. The van der Waals surface area contributed by atoms with Crippen molar-refractivity contribution in [2.75, 3.05) is 25.0 Å². The van der Waals surface area contributed by atoms with Crippen molar-refractivity contribution in [2.45, 2.75) is 25.9 Å². The molecule has 1 fully saturated rings. The van der Waals surface area contributed by atoms with Crippen LogP contribution in [0.25, 0.3) is 0 Å². The molecule has 1 aliphatic heterocycles. The summed E-state index contributed by atoms with van der Waals surface area (Å²) in [7, 11) is 0. The van der Waals surface area contributed by atoms with E-state index in [1.54, 1.807) is 19.1 Å². The molecule has 2 aromatic rings. The highest BCUT2D eigenvalue weighted by Gasteiger charge is 2.26.